The summed E-state index contributed by atoms with van der Waals surface area (Å²) in [7, 11) is 0. The number of rotatable bonds is 7. The lowest BCUT2D eigenvalue weighted by Crippen LogP contribution is -2.14. The number of oxazole rings is 1. The molecule has 2 aromatic heterocycles. The summed E-state index contributed by atoms with van der Waals surface area (Å²) in [6, 6.07) is 1.93. The molecule has 0 aromatic carbocycles. The Balaban J connectivity index is 1.97. The number of aromatic nitrogens is 1. The zero-order valence-electron chi connectivity index (χ0n) is 11.0. The quantitative estimate of drug-likeness (QED) is 0.765. The van der Waals surface area contributed by atoms with Crippen molar-refractivity contribution in [2.24, 2.45) is 0 Å². The van der Waals surface area contributed by atoms with Gasteiger partial charge in [-0.05, 0) is 25.6 Å². The second kappa shape index (κ2) is 6.40. The first-order chi connectivity index (χ1) is 8.85. The van der Waals surface area contributed by atoms with Gasteiger partial charge >= 0.3 is 0 Å². The second-order valence-corrected chi connectivity index (χ2v) is 4.19. The molecule has 0 saturated heterocycles. The Morgan fingerprint density at radius 1 is 1.33 bits per heavy atom. The zero-order chi connectivity index (χ0) is 12.8. The molecule has 0 saturated carbocycles. The van der Waals surface area contributed by atoms with E-state index in [1.165, 1.54) is 0 Å². The lowest BCUT2D eigenvalue weighted by Gasteiger charge is -1.98. The van der Waals surface area contributed by atoms with Gasteiger partial charge in [-0.3, -0.25) is 0 Å². The summed E-state index contributed by atoms with van der Waals surface area (Å²) in [5, 5.41) is 3.29. The third-order valence-corrected chi connectivity index (χ3v) is 2.88. The summed E-state index contributed by atoms with van der Waals surface area (Å²) in [4.78, 5) is 4.31. The van der Waals surface area contributed by atoms with Crippen LogP contribution in [0.1, 0.15) is 31.9 Å². The molecule has 98 valence electrons. The molecule has 4 nitrogen and oxygen atoms in total. The molecule has 2 rings (SSSR count). The minimum atomic E-state index is 0.797. The van der Waals surface area contributed by atoms with Crippen LogP contribution in [-0.4, -0.2) is 18.1 Å². The van der Waals surface area contributed by atoms with E-state index in [-0.39, 0.29) is 0 Å². The van der Waals surface area contributed by atoms with Gasteiger partial charge in [0, 0.05) is 12.8 Å². The van der Waals surface area contributed by atoms with Crippen molar-refractivity contribution in [1.82, 2.24) is 10.3 Å². The first-order valence-electron chi connectivity index (χ1n) is 6.57. The van der Waals surface area contributed by atoms with E-state index >= 15 is 0 Å². The minimum Gasteiger partial charge on any atom is -0.469 e. The first-order valence-corrected chi connectivity index (χ1v) is 6.57. The van der Waals surface area contributed by atoms with E-state index in [2.05, 4.69) is 24.1 Å². The van der Waals surface area contributed by atoms with E-state index in [1.807, 2.05) is 6.07 Å². The van der Waals surface area contributed by atoms with Gasteiger partial charge < -0.3 is 14.2 Å². The monoisotopic (exact) mass is 248 g/mol. The van der Waals surface area contributed by atoms with E-state index in [4.69, 9.17) is 8.83 Å². The average molecular weight is 248 g/mol. The first kappa shape index (κ1) is 12.9. The van der Waals surface area contributed by atoms with Gasteiger partial charge in [0.05, 0.1) is 18.0 Å². The van der Waals surface area contributed by atoms with E-state index in [0.717, 1.165) is 55.3 Å². The summed E-state index contributed by atoms with van der Waals surface area (Å²) in [6.07, 6.45) is 6.25. The molecule has 0 aliphatic heterocycles. The fraction of sp³-hybridized carbons (Fsp3) is 0.500. The van der Waals surface area contributed by atoms with Crippen molar-refractivity contribution < 1.29 is 8.83 Å². The Kier molecular flexibility index (Phi) is 4.59. The molecule has 0 spiro atoms. The summed E-state index contributed by atoms with van der Waals surface area (Å²) >= 11 is 0. The van der Waals surface area contributed by atoms with Gasteiger partial charge in [-0.15, -0.1) is 0 Å². The van der Waals surface area contributed by atoms with Crippen LogP contribution in [0.2, 0.25) is 0 Å². The highest BCUT2D eigenvalue weighted by atomic mass is 16.4. The zero-order valence-corrected chi connectivity index (χ0v) is 11.0. The maximum absolute atomic E-state index is 5.75. The molecule has 0 aliphatic carbocycles. The Morgan fingerprint density at radius 3 is 3.00 bits per heavy atom. The van der Waals surface area contributed by atoms with E-state index in [9.17, 15) is 0 Å². The minimum absolute atomic E-state index is 0.797. The Labute approximate surface area is 107 Å². The summed E-state index contributed by atoms with van der Waals surface area (Å²) < 4.78 is 11.1. The van der Waals surface area contributed by atoms with Crippen molar-refractivity contribution in [2.45, 2.75) is 33.1 Å². The smallest absolute Gasteiger partial charge is 0.194 e. The normalized spacial score (nSPS) is 11.0. The molecule has 0 bridgehead atoms. The van der Waals surface area contributed by atoms with Crippen LogP contribution in [0.4, 0.5) is 0 Å². The van der Waals surface area contributed by atoms with Crippen LogP contribution in [-0.2, 0) is 12.8 Å². The van der Waals surface area contributed by atoms with Crippen LogP contribution < -0.4 is 5.32 Å². The van der Waals surface area contributed by atoms with Gasteiger partial charge in [0.25, 0.3) is 0 Å². The molecule has 1 N–H and O–H groups in total. The molecule has 18 heavy (non-hydrogen) atoms. The second-order valence-electron chi connectivity index (χ2n) is 4.19. The van der Waals surface area contributed by atoms with Gasteiger partial charge in [0.15, 0.2) is 11.7 Å². The predicted octanol–water partition coefficient (Wildman–Crippen LogP) is 3.04. The number of nitrogens with zero attached hydrogens (tertiary/aromatic N) is 1. The van der Waals surface area contributed by atoms with Crippen molar-refractivity contribution in [2.75, 3.05) is 13.1 Å². The molecule has 0 radical (unpaired) electrons. The largest absolute Gasteiger partial charge is 0.469 e. The molecule has 2 heterocycles. The third kappa shape index (κ3) is 3.01. The number of nitrogens with one attached hydrogen (secondary N) is 1. The van der Waals surface area contributed by atoms with Crippen molar-refractivity contribution in [1.29, 1.82) is 0 Å². The van der Waals surface area contributed by atoms with Crippen molar-refractivity contribution in [3.05, 3.63) is 30.2 Å². The van der Waals surface area contributed by atoms with Gasteiger partial charge in [0.2, 0.25) is 0 Å². The maximum Gasteiger partial charge on any atom is 0.194 e. The molecule has 0 atom stereocenters. The fourth-order valence-corrected chi connectivity index (χ4v) is 1.93. The van der Waals surface area contributed by atoms with Crippen molar-refractivity contribution in [3.8, 4) is 11.3 Å². The van der Waals surface area contributed by atoms with Gasteiger partial charge in [-0.25, -0.2) is 4.98 Å². The van der Waals surface area contributed by atoms with Crippen LogP contribution in [0, 0.1) is 0 Å². The molecule has 4 heteroatoms. The topological polar surface area (TPSA) is 51.2 Å². The molecule has 0 amide bonds. The summed E-state index contributed by atoms with van der Waals surface area (Å²) in [5.41, 5.74) is 1.02. The average Bonchev–Trinajstić information content (AvgIpc) is 3.02. The van der Waals surface area contributed by atoms with Crippen LogP contribution in [0.15, 0.2) is 27.4 Å². The number of aryl methyl sites for hydroxylation is 2. The van der Waals surface area contributed by atoms with Crippen LogP contribution in [0.25, 0.3) is 11.3 Å². The van der Waals surface area contributed by atoms with Gasteiger partial charge in [-0.2, -0.15) is 0 Å². The highest BCUT2D eigenvalue weighted by molar-refractivity contribution is 5.58. The maximum atomic E-state index is 5.75. The molecule has 0 fully saturated rings. The van der Waals surface area contributed by atoms with E-state index in [0.29, 0.717) is 0 Å². The third-order valence-electron chi connectivity index (χ3n) is 2.88. The Bertz CT molecular complexity index is 474. The molecule has 0 aliphatic rings. The van der Waals surface area contributed by atoms with Crippen LogP contribution in [0.3, 0.4) is 0 Å². The molecule has 2 aromatic rings. The number of hydrogen-bond donors (Lipinski definition) is 1. The van der Waals surface area contributed by atoms with E-state index < -0.39 is 0 Å². The summed E-state index contributed by atoms with van der Waals surface area (Å²) in [6.45, 7) is 6.18. The molecular formula is C14H20N2O2. The number of furan rings is 1. The fourth-order valence-electron chi connectivity index (χ4n) is 1.93. The Morgan fingerprint density at radius 2 is 2.22 bits per heavy atom. The summed E-state index contributed by atoms with van der Waals surface area (Å²) in [5.74, 6) is 2.55. The van der Waals surface area contributed by atoms with Crippen molar-refractivity contribution >= 4 is 0 Å². The molecular weight excluding hydrogens is 228 g/mol. The SMILES string of the molecule is CCNCCCc1ncc(-c2ccoc2CC)o1. The lowest BCUT2D eigenvalue weighted by atomic mass is 10.2. The van der Waals surface area contributed by atoms with Crippen LogP contribution in [0.5, 0.6) is 0 Å². The van der Waals surface area contributed by atoms with Gasteiger partial charge in [-0.1, -0.05) is 13.8 Å². The molecule has 0 unspecified atom stereocenters. The lowest BCUT2D eigenvalue weighted by molar-refractivity contribution is 0.487. The highest BCUT2D eigenvalue weighted by Crippen LogP contribution is 2.26. The standard InChI is InChI=1S/C14H20N2O2/c1-3-12-11(7-9-17-12)13-10-16-14(18-13)6-5-8-15-4-2/h7,9-10,15H,3-6,8H2,1-2H3. The highest BCUT2D eigenvalue weighted by Gasteiger charge is 2.12. The van der Waals surface area contributed by atoms with Crippen LogP contribution >= 0.6 is 0 Å². The number of hydrogen-bond acceptors (Lipinski definition) is 4. The predicted molar refractivity (Wildman–Crippen MR) is 70.4 cm³/mol. The Hall–Kier alpha value is -1.55. The van der Waals surface area contributed by atoms with E-state index in [1.54, 1.807) is 12.5 Å². The van der Waals surface area contributed by atoms with Gasteiger partial charge in [0.1, 0.15) is 5.76 Å². The van der Waals surface area contributed by atoms with Crippen molar-refractivity contribution in [3.63, 3.8) is 0 Å².